The SMILES string of the molecule is Cn1cc(C2(C)Nc3ccccc3C2=O)c2ccccc21. The molecule has 1 unspecified atom stereocenters. The van der Waals surface area contributed by atoms with Crippen LogP contribution in [0.25, 0.3) is 10.9 Å². The van der Waals surface area contributed by atoms with Crippen LogP contribution < -0.4 is 5.32 Å². The van der Waals surface area contributed by atoms with Crippen molar-refractivity contribution in [3.63, 3.8) is 0 Å². The van der Waals surface area contributed by atoms with Crippen molar-refractivity contribution in [2.75, 3.05) is 5.32 Å². The molecule has 0 amide bonds. The summed E-state index contributed by atoms with van der Waals surface area (Å²) in [6.07, 6.45) is 2.06. The van der Waals surface area contributed by atoms with Crippen molar-refractivity contribution in [3.05, 3.63) is 65.9 Å². The molecule has 1 N–H and O–H groups in total. The van der Waals surface area contributed by atoms with Gasteiger partial charge in [-0.1, -0.05) is 30.3 Å². The van der Waals surface area contributed by atoms with Crippen molar-refractivity contribution < 1.29 is 4.79 Å². The average Bonchev–Trinajstić information content (AvgIpc) is 2.97. The van der Waals surface area contributed by atoms with E-state index in [1.165, 1.54) is 0 Å². The Morgan fingerprint density at radius 2 is 1.76 bits per heavy atom. The van der Waals surface area contributed by atoms with Gasteiger partial charge in [0.1, 0.15) is 5.54 Å². The van der Waals surface area contributed by atoms with Gasteiger partial charge in [0.05, 0.1) is 0 Å². The Labute approximate surface area is 123 Å². The number of carbonyl (C=O) groups excluding carboxylic acids is 1. The second-order valence-corrected chi connectivity index (χ2v) is 5.80. The molecule has 1 aliphatic heterocycles. The minimum atomic E-state index is -0.704. The number of nitrogens with one attached hydrogen (secondary N) is 1. The van der Waals surface area contributed by atoms with E-state index in [2.05, 4.69) is 28.2 Å². The predicted octanol–water partition coefficient (Wildman–Crippen LogP) is 3.70. The van der Waals surface area contributed by atoms with Crippen LogP contribution in [0.5, 0.6) is 0 Å². The van der Waals surface area contributed by atoms with Crippen molar-refractivity contribution in [3.8, 4) is 0 Å². The number of nitrogens with zero attached hydrogens (tertiary/aromatic N) is 1. The van der Waals surface area contributed by atoms with Crippen molar-refractivity contribution in [2.45, 2.75) is 12.5 Å². The zero-order valence-electron chi connectivity index (χ0n) is 12.1. The van der Waals surface area contributed by atoms with Crippen LogP contribution in [0.15, 0.2) is 54.7 Å². The lowest BCUT2D eigenvalue weighted by molar-refractivity contribution is 0.0929. The van der Waals surface area contributed by atoms with E-state index in [1.807, 2.05) is 50.4 Å². The standard InChI is InChI=1S/C18H16N2O/c1-18(17(21)13-8-3-5-9-15(13)19-18)14-11-20(2)16-10-6-4-7-12(14)16/h3-11,19H,1-2H3. The fourth-order valence-electron chi connectivity index (χ4n) is 3.32. The fourth-order valence-corrected chi connectivity index (χ4v) is 3.32. The topological polar surface area (TPSA) is 34.0 Å². The number of carbonyl (C=O) groups is 1. The maximum Gasteiger partial charge on any atom is 0.194 e. The minimum absolute atomic E-state index is 0.134. The Balaban J connectivity index is 1.96. The Bertz CT molecular complexity index is 878. The van der Waals surface area contributed by atoms with Crippen molar-refractivity contribution in [2.24, 2.45) is 7.05 Å². The van der Waals surface area contributed by atoms with E-state index < -0.39 is 5.54 Å². The molecule has 2 heterocycles. The van der Waals surface area contributed by atoms with Crippen molar-refractivity contribution in [1.29, 1.82) is 0 Å². The molecule has 0 saturated carbocycles. The van der Waals surface area contributed by atoms with Gasteiger partial charge in [0.25, 0.3) is 0 Å². The molecule has 3 aromatic rings. The van der Waals surface area contributed by atoms with E-state index in [1.54, 1.807) is 0 Å². The van der Waals surface area contributed by atoms with E-state index in [-0.39, 0.29) is 5.78 Å². The van der Waals surface area contributed by atoms with E-state index in [0.29, 0.717) is 0 Å². The first-order chi connectivity index (χ1) is 10.1. The number of rotatable bonds is 1. The van der Waals surface area contributed by atoms with Crippen LogP contribution in [-0.2, 0) is 12.6 Å². The molecule has 0 bridgehead atoms. The summed E-state index contributed by atoms with van der Waals surface area (Å²) in [5.74, 6) is 0.134. The highest BCUT2D eigenvalue weighted by molar-refractivity contribution is 6.15. The maximum absolute atomic E-state index is 12.9. The van der Waals surface area contributed by atoms with Crippen LogP contribution in [0.3, 0.4) is 0 Å². The van der Waals surface area contributed by atoms with E-state index in [4.69, 9.17) is 0 Å². The van der Waals surface area contributed by atoms with Gasteiger partial charge in [-0.05, 0) is 25.1 Å². The van der Waals surface area contributed by atoms with Gasteiger partial charge >= 0.3 is 0 Å². The van der Waals surface area contributed by atoms with Crippen LogP contribution in [0, 0.1) is 0 Å². The van der Waals surface area contributed by atoms with Gasteiger partial charge < -0.3 is 9.88 Å². The largest absolute Gasteiger partial charge is 0.368 e. The summed E-state index contributed by atoms with van der Waals surface area (Å²) in [5.41, 5.74) is 3.15. The van der Waals surface area contributed by atoms with Crippen LogP contribution in [0.4, 0.5) is 5.69 Å². The first kappa shape index (κ1) is 12.2. The van der Waals surface area contributed by atoms with Crippen molar-refractivity contribution in [1.82, 2.24) is 4.57 Å². The van der Waals surface area contributed by atoms with Crippen LogP contribution in [-0.4, -0.2) is 10.4 Å². The molecule has 0 saturated heterocycles. The first-order valence-electron chi connectivity index (χ1n) is 7.08. The maximum atomic E-state index is 12.9. The number of benzene rings is 2. The Kier molecular flexibility index (Phi) is 2.31. The molecule has 21 heavy (non-hydrogen) atoms. The van der Waals surface area contributed by atoms with Gasteiger partial charge in [0.2, 0.25) is 0 Å². The lowest BCUT2D eigenvalue weighted by Crippen LogP contribution is -2.34. The highest BCUT2D eigenvalue weighted by atomic mass is 16.1. The number of para-hydroxylation sites is 2. The molecule has 4 rings (SSSR count). The smallest absolute Gasteiger partial charge is 0.194 e. The second-order valence-electron chi connectivity index (χ2n) is 5.80. The molecule has 3 nitrogen and oxygen atoms in total. The normalized spacial score (nSPS) is 20.6. The van der Waals surface area contributed by atoms with E-state index in [9.17, 15) is 4.79 Å². The molecule has 1 atom stereocenters. The molecule has 2 aromatic carbocycles. The molecule has 1 aliphatic rings. The summed E-state index contributed by atoms with van der Waals surface area (Å²) in [7, 11) is 2.02. The molecular weight excluding hydrogens is 260 g/mol. The second kappa shape index (κ2) is 3.98. The molecule has 1 aromatic heterocycles. The third-order valence-electron chi connectivity index (χ3n) is 4.45. The fraction of sp³-hybridized carbons (Fsp3) is 0.167. The molecule has 0 aliphatic carbocycles. The van der Waals surface area contributed by atoms with Crippen LogP contribution in [0.1, 0.15) is 22.8 Å². The van der Waals surface area contributed by atoms with Gasteiger partial charge in [-0.25, -0.2) is 0 Å². The predicted molar refractivity (Wildman–Crippen MR) is 84.7 cm³/mol. The quantitative estimate of drug-likeness (QED) is 0.735. The molecule has 104 valence electrons. The monoisotopic (exact) mass is 276 g/mol. The number of Topliss-reactive ketones (excluding diaryl/α,β-unsaturated/α-hetero) is 1. The molecular formula is C18H16N2O. The summed E-state index contributed by atoms with van der Waals surface area (Å²) in [6.45, 7) is 1.97. The summed E-state index contributed by atoms with van der Waals surface area (Å²) in [4.78, 5) is 12.9. The molecule has 0 spiro atoms. The Morgan fingerprint density at radius 1 is 1.05 bits per heavy atom. The Hall–Kier alpha value is -2.55. The third-order valence-corrected chi connectivity index (χ3v) is 4.45. The van der Waals surface area contributed by atoms with Crippen LogP contribution >= 0.6 is 0 Å². The number of aromatic nitrogens is 1. The van der Waals surface area contributed by atoms with Gasteiger partial charge in [0, 0.05) is 41.0 Å². The average molecular weight is 276 g/mol. The Morgan fingerprint density at radius 3 is 2.57 bits per heavy atom. The van der Waals surface area contributed by atoms with Gasteiger partial charge in [-0.15, -0.1) is 0 Å². The van der Waals surface area contributed by atoms with Crippen molar-refractivity contribution >= 4 is 22.4 Å². The highest BCUT2D eigenvalue weighted by Gasteiger charge is 2.44. The van der Waals surface area contributed by atoms with E-state index >= 15 is 0 Å². The van der Waals surface area contributed by atoms with Gasteiger partial charge in [0.15, 0.2) is 5.78 Å². The highest BCUT2D eigenvalue weighted by Crippen LogP contribution is 2.41. The lowest BCUT2D eigenvalue weighted by atomic mass is 9.87. The minimum Gasteiger partial charge on any atom is -0.368 e. The molecule has 0 radical (unpaired) electrons. The third kappa shape index (κ3) is 1.51. The van der Waals surface area contributed by atoms with Gasteiger partial charge in [-0.2, -0.15) is 0 Å². The summed E-state index contributed by atoms with van der Waals surface area (Å²) in [6, 6.07) is 15.9. The molecule has 3 heteroatoms. The number of aryl methyl sites for hydroxylation is 1. The summed E-state index contributed by atoms with van der Waals surface area (Å²) < 4.78 is 2.08. The first-order valence-corrected chi connectivity index (χ1v) is 7.08. The number of hydrogen-bond donors (Lipinski definition) is 1. The molecule has 0 fully saturated rings. The zero-order chi connectivity index (χ0) is 14.6. The summed E-state index contributed by atoms with van der Waals surface area (Å²) >= 11 is 0. The van der Waals surface area contributed by atoms with Crippen LogP contribution in [0.2, 0.25) is 0 Å². The number of hydrogen-bond acceptors (Lipinski definition) is 2. The number of fused-ring (bicyclic) bond motifs is 2. The summed E-state index contributed by atoms with van der Waals surface area (Å²) in [5, 5.41) is 4.54. The lowest BCUT2D eigenvalue weighted by Gasteiger charge is -2.23. The number of anilines is 1. The van der Waals surface area contributed by atoms with Gasteiger partial charge in [-0.3, -0.25) is 4.79 Å². The zero-order valence-corrected chi connectivity index (χ0v) is 12.1. The van der Waals surface area contributed by atoms with E-state index in [0.717, 1.165) is 27.7 Å². The number of ketones is 1.